The molecule has 0 atom stereocenters. The third kappa shape index (κ3) is 2.67. The van der Waals surface area contributed by atoms with E-state index in [2.05, 4.69) is 6.30 Å². The zero-order chi connectivity index (χ0) is 11.8. The number of rotatable bonds is 3. The van der Waals surface area contributed by atoms with Gasteiger partial charge in [0.05, 0.1) is 0 Å². The van der Waals surface area contributed by atoms with Gasteiger partial charge in [-0.3, -0.25) is 0 Å². The van der Waals surface area contributed by atoms with Crippen molar-refractivity contribution in [2.24, 2.45) is 0 Å². The molecule has 0 bridgehead atoms. The number of alkyl halides is 2. The van der Waals surface area contributed by atoms with Gasteiger partial charge in [-0.15, -0.1) is 0 Å². The maximum absolute atomic E-state index is 12.8. The lowest BCUT2D eigenvalue weighted by Crippen LogP contribution is -2.12. The molecule has 2 rings (SSSR count). The molecule has 0 N–H and O–H groups in total. The molecule has 5 heteroatoms. The average molecular weight is 248 g/mol. The molecule has 16 heavy (non-hydrogen) atoms. The predicted octanol–water partition coefficient (Wildman–Crippen LogP) is 3.92. The van der Waals surface area contributed by atoms with Crippen LogP contribution in [0.25, 0.3) is 0 Å². The van der Waals surface area contributed by atoms with Crippen molar-refractivity contribution in [1.29, 1.82) is 0 Å². The van der Waals surface area contributed by atoms with E-state index in [4.69, 9.17) is 9.05 Å². The van der Waals surface area contributed by atoms with Crippen LogP contribution in [0.5, 0.6) is 0 Å². The standard InChI is InChI=1S/C11H15F2O2P/c1-11(12,13)7-8-16(2)14-9-5-3-4-6-10(9)15-16/h5-6H,2-4,7-8H2,1H3. The molecule has 1 saturated heterocycles. The van der Waals surface area contributed by atoms with Crippen molar-refractivity contribution < 1.29 is 17.8 Å². The van der Waals surface area contributed by atoms with Gasteiger partial charge in [0, 0.05) is 12.6 Å². The second kappa shape index (κ2) is 3.92. The van der Waals surface area contributed by atoms with Crippen LogP contribution in [0.3, 0.4) is 0 Å². The van der Waals surface area contributed by atoms with E-state index in [1.54, 1.807) is 0 Å². The number of allylic oxidation sites excluding steroid dienone is 2. The van der Waals surface area contributed by atoms with Gasteiger partial charge in [0.2, 0.25) is 13.3 Å². The van der Waals surface area contributed by atoms with Gasteiger partial charge in [0.1, 0.15) is 0 Å². The Morgan fingerprint density at radius 2 is 1.81 bits per heavy atom. The molecular weight excluding hydrogens is 233 g/mol. The molecule has 0 unspecified atom stereocenters. The van der Waals surface area contributed by atoms with Gasteiger partial charge in [-0.2, -0.15) is 0 Å². The molecule has 0 radical (unpaired) electrons. The van der Waals surface area contributed by atoms with Crippen LogP contribution in [0.2, 0.25) is 0 Å². The Balaban J connectivity index is 2.04. The van der Waals surface area contributed by atoms with Crippen molar-refractivity contribution in [2.45, 2.75) is 32.1 Å². The van der Waals surface area contributed by atoms with Crippen LogP contribution in [0.15, 0.2) is 23.7 Å². The molecule has 0 amide bonds. The molecular formula is C11H15F2O2P. The summed E-state index contributed by atoms with van der Waals surface area (Å²) < 4.78 is 36.7. The van der Waals surface area contributed by atoms with Crippen molar-refractivity contribution in [2.75, 3.05) is 6.16 Å². The molecule has 1 heterocycles. The molecule has 1 aliphatic carbocycles. The Hall–Kier alpha value is -0.760. The summed E-state index contributed by atoms with van der Waals surface area (Å²) in [5, 5.41) is 0. The van der Waals surface area contributed by atoms with Gasteiger partial charge in [-0.25, -0.2) is 8.78 Å². The first-order valence-corrected chi connectivity index (χ1v) is 7.28. The monoisotopic (exact) mass is 248 g/mol. The molecule has 2 nitrogen and oxygen atoms in total. The number of hydrogen-bond donors (Lipinski definition) is 0. The van der Waals surface area contributed by atoms with E-state index in [0.717, 1.165) is 19.8 Å². The second-order valence-electron chi connectivity index (χ2n) is 4.26. The largest absolute Gasteiger partial charge is 0.440 e. The van der Waals surface area contributed by atoms with Gasteiger partial charge >= 0.3 is 0 Å². The smallest absolute Gasteiger partial charge is 0.246 e. The summed E-state index contributed by atoms with van der Waals surface area (Å²) in [5.74, 6) is -1.31. The highest BCUT2D eigenvalue weighted by Crippen LogP contribution is 2.60. The van der Waals surface area contributed by atoms with Crippen LogP contribution in [0, 0.1) is 0 Å². The number of hydrogen-bond acceptors (Lipinski definition) is 2. The molecule has 0 saturated carbocycles. The van der Waals surface area contributed by atoms with E-state index in [-0.39, 0.29) is 12.6 Å². The predicted molar refractivity (Wildman–Crippen MR) is 61.7 cm³/mol. The lowest BCUT2D eigenvalue weighted by atomic mass is 10.1. The molecule has 0 aromatic carbocycles. The molecule has 0 aromatic heterocycles. The van der Waals surface area contributed by atoms with Crippen LogP contribution < -0.4 is 0 Å². The fraction of sp³-hybridized carbons (Fsp3) is 0.545. The summed E-state index contributed by atoms with van der Waals surface area (Å²) in [6.07, 6.45) is 9.48. The quantitative estimate of drug-likeness (QED) is 0.705. The average Bonchev–Trinajstić information content (AvgIpc) is 2.51. The molecule has 1 fully saturated rings. The van der Waals surface area contributed by atoms with E-state index in [0.29, 0.717) is 11.5 Å². The first-order chi connectivity index (χ1) is 7.38. The zero-order valence-electron chi connectivity index (χ0n) is 9.21. The first kappa shape index (κ1) is 11.7. The second-order valence-corrected chi connectivity index (χ2v) is 6.70. The summed E-state index contributed by atoms with van der Waals surface area (Å²) in [6.45, 7) is 0.904. The Labute approximate surface area is 94.1 Å². The molecule has 90 valence electrons. The minimum absolute atomic E-state index is 0.186. The number of halogens is 2. The van der Waals surface area contributed by atoms with Gasteiger partial charge in [-0.1, -0.05) is 0 Å². The summed E-state index contributed by atoms with van der Waals surface area (Å²) in [7, 11) is -2.39. The Bertz CT molecular complexity index is 367. The van der Waals surface area contributed by atoms with Crippen molar-refractivity contribution in [3.63, 3.8) is 0 Å². The Morgan fingerprint density at radius 3 is 2.25 bits per heavy atom. The lowest BCUT2D eigenvalue weighted by Gasteiger charge is -2.18. The van der Waals surface area contributed by atoms with Crippen LogP contribution in [-0.4, -0.2) is 18.4 Å². The van der Waals surface area contributed by atoms with E-state index < -0.39 is 13.3 Å². The van der Waals surface area contributed by atoms with Gasteiger partial charge in [0.25, 0.3) is 0 Å². The fourth-order valence-corrected chi connectivity index (χ4v) is 3.63. The summed E-state index contributed by atoms with van der Waals surface area (Å²) >= 11 is 0. The molecule has 1 aliphatic heterocycles. The third-order valence-electron chi connectivity index (χ3n) is 2.49. The van der Waals surface area contributed by atoms with Crippen LogP contribution >= 0.6 is 7.34 Å². The normalized spacial score (nSPS) is 22.7. The van der Waals surface area contributed by atoms with Crippen LogP contribution in [0.1, 0.15) is 26.2 Å². The van der Waals surface area contributed by atoms with Gasteiger partial charge < -0.3 is 9.05 Å². The van der Waals surface area contributed by atoms with Crippen LogP contribution in [0.4, 0.5) is 8.78 Å². The Morgan fingerprint density at radius 1 is 1.31 bits per heavy atom. The molecule has 0 aromatic rings. The van der Waals surface area contributed by atoms with Crippen molar-refractivity contribution in [1.82, 2.24) is 0 Å². The van der Waals surface area contributed by atoms with Crippen molar-refractivity contribution >= 4 is 13.6 Å². The molecule has 0 spiro atoms. The minimum atomic E-state index is -2.69. The maximum Gasteiger partial charge on any atom is 0.246 e. The van der Waals surface area contributed by atoms with E-state index in [9.17, 15) is 8.78 Å². The maximum atomic E-state index is 12.8. The SMILES string of the molecule is C=P1(CCC(C)(F)F)OC2=CCCC=C2O1. The minimum Gasteiger partial charge on any atom is -0.440 e. The van der Waals surface area contributed by atoms with Crippen LogP contribution in [-0.2, 0) is 9.05 Å². The van der Waals surface area contributed by atoms with E-state index in [1.807, 2.05) is 12.2 Å². The van der Waals surface area contributed by atoms with E-state index in [1.165, 1.54) is 0 Å². The summed E-state index contributed by atoms with van der Waals surface area (Å²) in [5.41, 5.74) is 0. The zero-order valence-corrected chi connectivity index (χ0v) is 10.1. The lowest BCUT2D eigenvalue weighted by molar-refractivity contribution is 0.0184. The highest BCUT2D eigenvalue weighted by molar-refractivity contribution is 7.65. The van der Waals surface area contributed by atoms with Gasteiger partial charge in [0.15, 0.2) is 11.5 Å². The summed E-state index contributed by atoms with van der Waals surface area (Å²) in [6, 6.07) is 0. The Kier molecular flexibility index (Phi) is 2.87. The van der Waals surface area contributed by atoms with Crippen molar-refractivity contribution in [3.8, 4) is 0 Å². The highest BCUT2D eigenvalue weighted by Gasteiger charge is 2.35. The fourth-order valence-electron chi connectivity index (χ4n) is 1.63. The number of fused-ring (bicyclic) bond motifs is 1. The molecule has 2 aliphatic rings. The first-order valence-electron chi connectivity index (χ1n) is 5.28. The summed E-state index contributed by atoms with van der Waals surface area (Å²) in [4.78, 5) is 0. The third-order valence-corrected chi connectivity index (χ3v) is 4.45. The van der Waals surface area contributed by atoms with Gasteiger partial charge in [-0.05, 0) is 38.2 Å². The topological polar surface area (TPSA) is 18.5 Å². The van der Waals surface area contributed by atoms with E-state index >= 15 is 0 Å². The van der Waals surface area contributed by atoms with Crippen molar-refractivity contribution in [3.05, 3.63) is 23.7 Å². The highest BCUT2D eigenvalue weighted by atomic mass is 31.2.